The van der Waals surface area contributed by atoms with Gasteiger partial charge in [0.25, 0.3) is 5.91 Å². The number of rotatable bonds is 4. The first-order valence-electron chi connectivity index (χ1n) is 6.64. The van der Waals surface area contributed by atoms with Crippen molar-refractivity contribution < 1.29 is 4.79 Å². The number of nitrogens with one attached hydrogen (secondary N) is 2. The molecule has 4 N–H and O–H groups in total. The fourth-order valence-electron chi connectivity index (χ4n) is 2.22. The van der Waals surface area contributed by atoms with Gasteiger partial charge in [-0.25, -0.2) is 9.97 Å². The first-order chi connectivity index (χ1) is 10.3. The van der Waals surface area contributed by atoms with E-state index < -0.39 is 0 Å². The van der Waals surface area contributed by atoms with Gasteiger partial charge in [0.2, 0.25) is 0 Å². The largest absolute Gasteiger partial charge is 0.383 e. The molecular formula is C15H15N5O. The van der Waals surface area contributed by atoms with E-state index in [2.05, 4.69) is 20.3 Å². The summed E-state index contributed by atoms with van der Waals surface area (Å²) in [4.78, 5) is 23.3. The molecule has 2 heterocycles. The van der Waals surface area contributed by atoms with E-state index in [1.165, 1.54) is 6.20 Å². The van der Waals surface area contributed by atoms with E-state index in [9.17, 15) is 4.79 Å². The number of hydrogen-bond donors (Lipinski definition) is 3. The lowest BCUT2D eigenvalue weighted by Gasteiger charge is -2.08. The van der Waals surface area contributed by atoms with Crippen molar-refractivity contribution in [1.82, 2.24) is 20.3 Å². The summed E-state index contributed by atoms with van der Waals surface area (Å²) in [5, 5.41) is 4.48. The molecule has 0 aliphatic rings. The van der Waals surface area contributed by atoms with Gasteiger partial charge in [-0.1, -0.05) is 24.3 Å². The number of aromatic nitrogens is 3. The third kappa shape index (κ3) is 2.69. The van der Waals surface area contributed by atoms with Crippen LogP contribution in [0, 0.1) is 0 Å². The van der Waals surface area contributed by atoms with E-state index in [1.807, 2.05) is 24.3 Å². The summed E-state index contributed by atoms with van der Waals surface area (Å²) in [5.41, 5.74) is 7.35. The first kappa shape index (κ1) is 13.1. The predicted octanol–water partition coefficient (Wildman–Crippen LogP) is 1.51. The monoisotopic (exact) mass is 281 g/mol. The second kappa shape index (κ2) is 5.62. The zero-order valence-corrected chi connectivity index (χ0v) is 11.3. The second-order valence-electron chi connectivity index (χ2n) is 4.69. The molecule has 1 aromatic carbocycles. The van der Waals surface area contributed by atoms with Crippen LogP contribution < -0.4 is 11.1 Å². The molecule has 0 radical (unpaired) electrons. The van der Waals surface area contributed by atoms with Crippen molar-refractivity contribution in [1.29, 1.82) is 0 Å². The molecule has 0 saturated carbocycles. The highest BCUT2D eigenvalue weighted by Crippen LogP contribution is 2.22. The number of aromatic amines is 1. The summed E-state index contributed by atoms with van der Waals surface area (Å²) in [7, 11) is 0. The van der Waals surface area contributed by atoms with Crippen molar-refractivity contribution in [3.05, 3.63) is 54.2 Å². The van der Waals surface area contributed by atoms with Gasteiger partial charge in [-0.05, 0) is 5.39 Å². The quantitative estimate of drug-likeness (QED) is 0.675. The highest BCUT2D eigenvalue weighted by Gasteiger charge is 2.11. The van der Waals surface area contributed by atoms with Gasteiger partial charge in [0.05, 0.1) is 11.9 Å². The number of hydrogen-bond acceptors (Lipinski definition) is 4. The molecule has 6 heteroatoms. The second-order valence-corrected chi connectivity index (χ2v) is 4.69. The molecule has 21 heavy (non-hydrogen) atoms. The number of nitrogens with zero attached hydrogens (tertiary/aromatic N) is 2. The molecular weight excluding hydrogens is 266 g/mol. The third-order valence-electron chi connectivity index (χ3n) is 3.31. The van der Waals surface area contributed by atoms with Crippen molar-refractivity contribution in [2.24, 2.45) is 0 Å². The summed E-state index contributed by atoms with van der Waals surface area (Å²) in [6.07, 6.45) is 5.58. The summed E-state index contributed by atoms with van der Waals surface area (Å²) in [5.74, 6) is 0.276. The molecule has 0 bridgehead atoms. The number of carbonyl (C=O) groups excluding carboxylic acids is 1. The maximum atomic E-state index is 12.3. The molecule has 0 fully saturated rings. The van der Waals surface area contributed by atoms with Gasteiger partial charge >= 0.3 is 0 Å². The van der Waals surface area contributed by atoms with E-state index in [4.69, 9.17) is 5.73 Å². The van der Waals surface area contributed by atoms with Crippen LogP contribution in [0.1, 0.15) is 16.1 Å². The van der Waals surface area contributed by atoms with E-state index in [0.29, 0.717) is 24.3 Å². The normalized spacial score (nSPS) is 10.7. The maximum absolute atomic E-state index is 12.3. The van der Waals surface area contributed by atoms with Crippen LogP contribution >= 0.6 is 0 Å². The van der Waals surface area contributed by atoms with Crippen molar-refractivity contribution in [2.75, 3.05) is 12.3 Å². The topological polar surface area (TPSA) is 96.7 Å². The number of H-pyrrole nitrogens is 1. The summed E-state index contributed by atoms with van der Waals surface area (Å²) in [6.45, 7) is 0.528. The van der Waals surface area contributed by atoms with Crippen molar-refractivity contribution in [2.45, 2.75) is 6.42 Å². The summed E-state index contributed by atoms with van der Waals surface area (Å²) in [6, 6.07) is 7.49. The average Bonchev–Trinajstić information content (AvgIpc) is 3.01. The van der Waals surface area contributed by atoms with E-state index in [0.717, 1.165) is 16.5 Å². The number of anilines is 1. The van der Waals surface area contributed by atoms with Crippen LogP contribution in [0.2, 0.25) is 0 Å². The molecule has 0 atom stereocenters. The molecule has 0 aliphatic carbocycles. The molecule has 0 aliphatic heterocycles. The number of amides is 1. The number of imidazole rings is 1. The zero-order chi connectivity index (χ0) is 14.7. The minimum absolute atomic E-state index is 0.154. The molecule has 2 aromatic heterocycles. The Hall–Kier alpha value is -2.89. The minimum atomic E-state index is -0.154. The average molecular weight is 281 g/mol. The number of nitrogens with two attached hydrogens (primary N) is 1. The molecule has 0 saturated heterocycles. The van der Waals surface area contributed by atoms with Crippen LogP contribution in [0.3, 0.4) is 0 Å². The third-order valence-corrected chi connectivity index (χ3v) is 3.31. The number of carbonyl (C=O) groups is 1. The van der Waals surface area contributed by atoms with Crippen LogP contribution in [-0.4, -0.2) is 27.4 Å². The molecule has 3 aromatic rings. The van der Waals surface area contributed by atoms with Crippen molar-refractivity contribution in [3.8, 4) is 0 Å². The smallest absolute Gasteiger partial charge is 0.253 e. The Balaban J connectivity index is 1.77. The molecule has 0 unspecified atom stereocenters. The zero-order valence-electron chi connectivity index (χ0n) is 11.3. The van der Waals surface area contributed by atoms with Gasteiger partial charge in [0, 0.05) is 36.4 Å². The summed E-state index contributed by atoms with van der Waals surface area (Å²) < 4.78 is 0. The lowest BCUT2D eigenvalue weighted by molar-refractivity contribution is 0.0955. The van der Waals surface area contributed by atoms with Crippen LogP contribution in [0.15, 0.2) is 43.0 Å². The molecule has 1 amide bonds. The van der Waals surface area contributed by atoms with Gasteiger partial charge in [-0.15, -0.1) is 0 Å². The Morgan fingerprint density at radius 3 is 2.81 bits per heavy atom. The van der Waals surface area contributed by atoms with Crippen LogP contribution in [0.5, 0.6) is 0 Å². The number of benzene rings is 1. The van der Waals surface area contributed by atoms with E-state index in [-0.39, 0.29) is 5.91 Å². The Bertz CT molecular complexity index is 767. The van der Waals surface area contributed by atoms with Crippen molar-refractivity contribution in [3.63, 3.8) is 0 Å². The van der Waals surface area contributed by atoms with Gasteiger partial charge in [0.15, 0.2) is 0 Å². The highest BCUT2D eigenvalue weighted by molar-refractivity contribution is 6.08. The fraction of sp³-hybridized carbons (Fsp3) is 0.133. The Morgan fingerprint density at radius 1 is 1.24 bits per heavy atom. The molecule has 3 rings (SSSR count). The number of nitrogen functional groups attached to an aromatic ring is 1. The van der Waals surface area contributed by atoms with Crippen LogP contribution in [0.4, 0.5) is 5.82 Å². The van der Waals surface area contributed by atoms with Gasteiger partial charge in [0.1, 0.15) is 5.82 Å². The van der Waals surface area contributed by atoms with Gasteiger partial charge in [-0.2, -0.15) is 0 Å². The number of fused-ring (bicyclic) bond motifs is 1. The molecule has 0 spiro atoms. The molecule has 106 valence electrons. The van der Waals surface area contributed by atoms with E-state index >= 15 is 0 Å². The maximum Gasteiger partial charge on any atom is 0.253 e. The molecule has 6 nitrogen and oxygen atoms in total. The number of pyridine rings is 1. The summed E-state index contributed by atoms with van der Waals surface area (Å²) >= 11 is 0. The lowest BCUT2D eigenvalue weighted by atomic mass is 10.1. The van der Waals surface area contributed by atoms with Gasteiger partial charge < -0.3 is 16.0 Å². The van der Waals surface area contributed by atoms with Crippen molar-refractivity contribution >= 4 is 22.5 Å². The highest BCUT2D eigenvalue weighted by atomic mass is 16.1. The first-order valence-corrected chi connectivity index (χ1v) is 6.64. The van der Waals surface area contributed by atoms with Crippen LogP contribution in [-0.2, 0) is 6.42 Å². The van der Waals surface area contributed by atoms with Gasteiger partial charge in [-0.3, -0.25) is 4.79 Å². The predicted molar refractivity (Wildman–Crippen MR) is 80.8 cm³/mol. The minimum Gasteiger partial charge on any atom is -0.383 e. The standard InChI is InChI=1S/C15H15N5O/c16-14-12-4-2-1-3-11(12)13(8-19-14)15(21)18-6-5-10-7-17-9-20-10/h1-4,7-9H,5-6H2,(H2,16,19)(H,17,20)(H,18,21). The Labute approximate surface area is 121 Å². The Morgan fingerprint density at radius 2 is 2.05 bits per heavy atom. The Kier molecular flexibility index (Phi) is 3.51. The SMILES string of the molecule is Nc1ncc(C(=O)NCCc2cnc[nH]2)c2ccccc12. The van der Waals surface area contributed by atoms with Crippen LogP contribution in [0.25, 0.3) is 10.8 Å². The fourth-order valence-corrected chi connectivity index (χ4v) is 2.22. The lowest BCUT2D eigenvalue weighted by Crippen LogP contribution is -2.26. The van der Waals surface area contributed by atoms with E-state index in [1.54, 1.807) is 12.5 Å².